The maximum atomic E-state index is 12.1. The third-order valence-electron chi connectivity index (χ3n) is 3.61. The molecule has 2 aromatic rings. The molecule has 5 nitrogen and oxygen atoms in total. The van der Waals surface area contributed by atoms with Crippen LogP contribution in [0.25, 0.3) is 0 Å². The van der Waals surface area contributed by atoms with Gasteiger partial charge in [-0.2, -0.15) is 0 Å². The Labute approximate surface area is 151 Å². The summed E-state index contributed by atoms with van der Waals surface area (Å²) < 4.78 is 5.10. The summed E-state index contributed by atoms with van der Waals surface area (Å²) in [5.41, 5.74) is 1.57. The first-order valence-corrected chi connectivity index (χ1v) is 8.93. The molecule has 6 heteroatoms. The Kier molecular flexibility index (Phi) is 6.89. The molecule has 0 fully saturated rings. The van der Waals surface area contributed by atoms with E-state index in [1.807, 2.05) is 25.1 Å². The third kappa shape index (κ3) is 5.83. The molecule has 0 atom stereocenters. The first-order valence-electron chi connectivity index (χ1n) is 8.12. The highest BCUT2D eigenvalue weighted by Gasteiger charge is 2.14. The van der Waals surface area contributed by atoms with Crippen molar-refractivity contribution in [3.05, 3.63) is 57.3 Å². The van der Waals surface area contributed by atoms with Gasteiger partial charge >= 0.3 is 5.97 Å². The predicted octanol–water partition coefficient (Wildman–Crippen LogP) is 3.03. The zero-order valence-electron chi connectivity index (χ0n) is 14.3. The van der Waals surface area contributed by atoms with Crippen molar-refractivity contribution in [3.63, 3.8) is 0 Å². The molecule has 0 bridgehead atoms. The molecular weight excluding hydrogens is 338 g/mol. The van der Waals surface area contributed by atoms with Crippen molar-refractivity contribution in [3.8, 4) is 0 Å². The number of rotatable bonds is 8. The normalized spacial score (nSPS) is 10.3. The average molecular weight is 359 g/mol. The molecule has 0 aliphatic rings. The molecule has 1 aromatic heterocycles. The van der Waals surface area contributed by atoms with E-state index in [4.69, 9.17) is 4.74 Å². The third-order valence-corrected chi connectivity index (χ3v) is 4.80. The summed E-state index contributed by atoms with van der Waals surface area (Å²) in [7, 11) is 0. The molecule has 0 radical (unpaired) electrons. The van der Waals surface area contributed by atoms with Gasteiger partial charge in [-0.25, -0.2) is 4.79 Å². The van der Waals surface area contributed by atoms with Crippen molar-refractivity contribution in [1.82, 2.24) is 5.32 Å². The summed E-state index contributed by atoms with van der Waals surface area (Å²) in [6.45, 7) is 3.76. The van der Waals surface area contributed by atoms with Crippen LogP contribution < -0.4 is 5.32 Å². The van der Waals surface area contributed by atoms with Gasteiger partial charge in [-0.1, -0.05) is 19.1 Å². The number of thiophene rings is 1. The van der Waals surface area contributed by atoms with E-state index in [2.05, 4.69) is 5.32 Å². The van der Waals surface area contributed by atoms with Crippen LogP contribution in [-0.4, -0.2) is 30.8 Å². The fourth-order valence-corrected chi connectivity index (χ4v) is 3.12. The van der Waals surface area contributed by atoms with E-state index in [0.29, 0.717) is 23.4 Å². The van der Waals surface area contributed by atoms with Crippen LogP contribution in [0, 0.1) is 0 Å². The number of benzene rings is 1. The molecule has 0 spiro atoms. The Morgan fingerprint density at radius 2 is 1.80 bits per heavy atom. The van der Waals surface area contributed by atoms with Crippen molar-refractivity contribution in [2.45, 2.75) is 26.7 Å². The summed E-state index contributed by atoms with van der Waals surface area (Å²) in [6.07, 6.45) is 1.57. The number of amides is 1. The van der Waals surface area contributed by atoms with Gasteiger partial charge in [0.05, 0.1) is 10.4 Å². The maximum absolute atomic E-state index is 12.1. The molecule has 1 amide bonds. The molecule has 1 heterocycles. The average Bonchev–Trinajstić information content (AvgIpc) is 3.08. The lowest BCUT2D eigenvalue weighted by molar-refractivity contribution is -0.118. The first kappa shape index (κ1) is 18.9. The minimum Gasteiger partial charge on any atom is -0.454 e. The van der Waals surface area contributed by atoms with Gasteiger partial charge in [0.25, 0.3) is 0 Å². The predicted molar refractivity (Wildman–Crippen MR) is 97.1 cm³/mol. The minimum absolute atomic E-state index is 0.0771. The van der Waals surface area contributed by atoms with E-state index < -0.39 is 5.97 Å². The lowest BCUT2D eigenvalue weighted by atomic mass is 10.1. The smallest absolute Gasteiger partial charge is 0.338 e. The van der Waals surface area contributed by atoms with Crippen molar-refractivity contribution in [1.29, 1.82) is 0 Å². The summed E-state index contributed by atoms with van der Waals surface area (Å²) in [4.78, 5) is 36.5. The van der Waals surface area contributed by atoms with Crippen molar-refractivity contribution >= 4 is 29.0 Å². The summed E-state index contributed by atoms with van der Waals surface area (Å²) in [5, 5.41) is 2.71. The summed E-state index contributed by atoms with van der Waals surface area (Å²) in [6, 6.07) is 10.7. The largest absolute Gasteiger partial charge is 0.454 e. The van der Waals surface area contributed by atoms with Crippen LogP contribution in [0.2, 0.25) is 0 Å². The zero-order valence-corrected chi connectivity index (χ0v) is 15.2. The molecule has 0 saturated carbocycles. The summed E-state index contributed by atoms with van der Waals surface area (Å²) in [5.74, 6) is -0.806. The molecule has 132 valence electrons. The molecule has 1 N–H and O–H groups in total. The molecule has 25 heavy (non-hydrogen) atoms. The van der Waals surface area contributed by atoms with Crippen LogP contribution in [0.15, 0.2) is 36.4 Å². The van der Waals surface area contributed by atoms with Gasteiger partial charge in [-0.3, -0.25) is 9.59 Å². The highest BCUT2D eigenvalue weighted by atomic mass is 32.1. The molecule has 1 aromatic carbocycles. The number of hydrogen-bond acceptors (Lipinski definition) is 5. The number of carbonyl (C=O) groups is 3. The molecular formula is C19H21NO4S. The Morgan fingerprint density at radius 3 is 2.44 bits per heavy atom. The van der Waals surface area contributed by atoms with Crippen LogP contribution >= 0.6 is 11.3 Å². The van der Waals surface area contributed by atoms with Crippen molar-refractivity contribution in [2.75, 3.05) is 13.2 Å². The number of Topliss-reactive ketones (excluding diaryl/α,β-unsaturated/α-hetero) is 1. The number of carbonyl (C=O) groups excluding carboxylic acids is 3. The summed E-state index contributed by atoms with van der Waals surface area (Å²) >= 11 is 1.35. The lowest BCUT2D eigenvalue weighted by Crippen LogP contribution is -2.22. The second-order valence-electron chi connectivity index (χ2n) is 5.55. The number of esters is 1. The highest BCUT2D eigenvalue weighted by molar-refractivity contribution is 7.14. The second-order valence-corrected chi connectivity index (χ2v) is 6.72. The number of ether oxygens (including phenoxy) is 1. The van der Waals surface area contributed by atoms with E-state index >= 15 is 0 Å². The molecule has 2 rings (SSSR count). The fraction of sp³-hybridized carbons (Fsp3) is 0.316. The van der Waals surface area contributed by atoms with Gasteiger partial charge in [0.2, 0.25) is 11.7 Å². The van der Waals surface area contributed by atoms with Crippen LogP contribution in [-0.2, 0) is 22.4 Å². The molecule has 0 aliphatic carbocycles. The number of ketones is 1. The van der Waals surface area contributed by atoms with Gasteiger partial charge in [0.1, 0.15) is 0 Å². The van der Waals surface area contributed by atoms with Gasteiger partial charge in [-0.05, 0) is 42.7 Å². The molecule has 0 unspecified atom stereocenters. The Hall–Kier alpha value is -2.47. The van der Waals surface area contributed by atoms with E-state index in [1.54, 1.807) is 18.2 Å². The standard InChI is InChI=1S/C19H21NO4S/c1-3-14-4-6-15(7-5-14)19(23)24-12-17(22)18-9-8-16(25-18)10-11-20-13(2)21/h4-9H,3,10-12H2,1-2H3,(H,20,21). The van der Waals surface area contributed by atoms with Gasteiger partial charge < -0.3 is 10.1 Å². The topological polar surface area (TPSA) is 72.5 Å². The zero-order chi connectivity index (χ0) is 18.2. The van der Waals surface area contributed by atoms with Gasteiger partial charge in [-0.15, -0.1) is 11.3 Å². The fourth-order valence-electron chi connectivity index (χ4n) is 2.19. The lowest BCUT2D eigenvalue weighted by Gasteiger charge is -2.04. The Balaban J connectivity index is 1.84. The highest BCUT2D eigenvalue weighted by Crippen LogP contribution is 2.18. The van der Waals surface area contributed by atoms with Gasteiger partial charge in [0, 0.05) is 18.3 Å². The van der Waals surface area contributed by atoms with E-state index in [-0.39, 0.29) is 18.3 Å². The van der Waals surface area contributed by atoms with Crippen LogP contribution in [0.5, 0.6) is 0 Å². The van der Waals surface area contributed by atoms with Crippen LogP contribution in [0.1, 0.15) is 44.3 Å². The number of hydrogen-bond donors (Lipinski definition) is 1. The number of nitrogens with one attached hydrogen (secondary N) is 1. The monoisotopic (exact) mass is 359 g/mol. The van der Waals surface area contributed by atoms with Gasteiger partial charge in [0.15, 0.2) is 6.61 Å². The SMILES string of the molecule is CCc1ccc(C(=O)OCC(=O)c2ccc(CCNC(C)=O)s2)cc1. The van der Waals surface area contributed by atoms with Crippen LogP contribution in [0.3, 0.4) is 0 Å². The maximum Gasteiger partial charge on any atom is 0.338 e. The quantitative estimate of drug-likeness (QED) is 0.581. The first-order chi connectivity index (χ1) is 12.0. The van der Waals surface area contributed by atoms with Crippen molar-refractivity contribution < 1.29 is 19.1 Å². The van der Waals surface area contributed by atoms with Crippen molar-refractivity contribution in [2.24, 2.45) is 0 Å². The second kappa shape index (κ2) is 9.13. The van der Waals surface area contributed by atoms with E-state index in [1.165, 1.54) is 18.3 Å². The Bertz CT molecular complexity index is 749. The molecule has 0 saturated heterocycles. The van der Waals surface area contributed by atoms with Crippen LogP contribution in [0.4, 0.5) is 0 Å². The molecule has 0 aliphatic heterocycles. The van der Waals surface area contributed by atoms with E-state index in [9.17, 15) is 14.4 Å². The Morgan fingerprint density at radius 1 is 1.08 bits per heavy atom. The number of aryl methyl sites for hydroxylation is 1. The minimum atomic E-state index is -0.501. The van der Waals surface area contributed by atoms with E-state index in [0.717, 1.165) is 16.9 Å².